The molecule has 0 saturated heterocycles. The fourth-order valence-electron chi connectivity index (χ4n) is 4.08. The monoisotopic (exact) mass is 454 g/mol. The van der Waals surface area contributed by atoms with Gasteiger partial charge in [-0.05, 0) is 42.2 Å². The summed E-state index contributed by atoms with van der Waals surface area (Å²) in [7, 11) is 0. The van der Waals surface area contributed by atoms with E-state index in [4.69, 9.17) is 0 Å². The predicted octanol–water partition coefficient (Wildman–Crippen LogP) is 4.87. The third-order valence-electron chi connectivity index (χ3n) is 5.97. The molecule has 6 nitrogen and oxygen atoms in total. The lowest BCUT2D eigenvalue weighted by molar-refractivity contribution is 0.0738. The number of pyridine rings is 1. The smallest absolute Gasteiger partial charge is 0.275 e. The van der Waals surface area contributed by atoms with Crippen molar-refractivity contribution in [2.75, 3.05) is 6.54 Å². The van der Waals surface area contributed by atoms with Crippen LogP contribution in [-0.2, 0) is 19.5 Å². The van der Waals surface area contributed by atoms with E-state index in [9.17, 15) is 9.59 Å². The molecule has 34 heavy (non-hydrogen) atoms. The minimum Gasteiger partial charge on any atom is -0.333 e. The van der Waals surface area contributed by atoms with Gasteiger partial charge in [0.15, 0.2) is 5.69 Å². The van der Waals surface area contributed by atoms with E-state index in [1.54, 1.807) is 18.5 Å². The number of rotatable bonds is 10. The van der Waals surface area contributed by atoms with Crippen LogP contribution in [0.4, 0.5) is 0 Å². The molecule has 0 bridgehead atoms. The molecule has 0 atom stereocenters. The van der Waals surface area contributed by atoms with Gasteiger partial charge in [0.25, 0.3) is 11.5 Å². The topological polar surface area (TPSA) is 68.1 Å². The highest BCUT2D eigenvalue weighted by Crippen LogP contribution is 2.18. The number of fused-ring (bicyclic) bond motifs is 1. The van der Waals surface area contributed by atoms with Crippen molar-refractivity contribution in [3.05, 3.63) is 106 Å². The number of nitrogens with zero attached hydrogens (tertiary/aromatic N) is 4. The third kappa shape index (κ3) is 5.57. The molecule has 1 amide bonds. The summed E-state index contributed by atoms with van der Waals surface area (Å²) >= 11 is 0. The van der Waals surface area contributed by atoms with Gasteiger partial charge in [-0.1, -0.05) is 68.3 Å². The Morgan fingerprint density at radius 1 is 0.882 bits per heavy atom. The Kier molecular flexibility index (Phi) is 7.81. The molecule has 0 N–H and O–H groups in total. The van der Waals surface area contributed by atoms with Crippen LogP contribution >= 0.6 is 0 Å². The summed E-state index contributed by atoms with van der Waals surface area (Å²) in [6, 6.07) is 21.2. The Hall–Kier alpha value is -3.80. The molecule has 4 rings (SSSR count). The molecule has 0 aliphatic rings. The van der Waals surface area contributed by atoms with E-state index in [0.717, 1.165) is 36.8 Å². The quantitative estimate of drug-likeness (QED) is 0.321. The molecular weight excluding hydrogens is 424 g/mol. The van der Waals surface area contributed by atoms with Gasteiger partial charge in [0.1, 0.15) is 0 Å². The first-order chi connectivity index (χ1) is 16.7. The van der Waals surface area contributed by atoms with Crippen molar-refractivity contribution in [1.82, 2.24) is 19.7 Å². The maximum atomic E-state index is 13.9. The standard InChI is InChI=1S/C28H30N4O2/c1-2-3-9-19-32-27(33)25-13-8-7-12-24(25)26(30-32)28(34)31(21-23-14-17-29-18-15-23)20-16-22-10-5-4-6-11-22/h4-8,10-15,17-18H,2-3,9,16,19-21H2,1H3. The lowest BCUT2D eigenvalue weighted by atomic mass is 10.1. The van der Waals surface area contributed by atoms with Gasteiger partial charge in [-0.25, -0.2) is 4.68 Å². The average Bonchev–Trinajstić information content (AvgIpc) is 2.89. The lowest BCUT2D eigenvalue weighted by Crippen LogP contribution is -2.35. The Bertz CT molecular complexity index is 1290. The Morgan fingerprint density at radius 3 is 2.32 bits per heavy atom. The Morgan fingerprint density at radius 2 is 1.59 bits per heavy atom. The van der Waals surface area contributed by atoms with Crippen molar-refractivity contribution in [1.29, 1.82) is 0 Å². The van der Waals surface area contributed by atoms with Crippen LogP contribution in [-0.4, -0.2) is 32.1 Å². The van der Waals surface area contributed by atoms with Gasteiger partial charge >= 0.3 is 0 Å². The highest BCUT2D eigenvalue weighted by atomic mass is 16.2. The van der Waals surface area contributed by atoms with Gasteiger partial charge in [-0.2, -0.15) is 5.10 Å². The normalized spacial score (nSPS) is 11.0. The third-order valence-corrected chi connectivity index (χ3v) is 5.97. The average molecular weight is 455 g/mol. The van der Waals surface area contributed by atoms with Crippen LogP contribution < -0.4 is 5.56 Å². The summed E-state index contributed by atoms with van der Waals surface area (Å²) in [5.41, 5.74) is 2.34. The first-order valence-corrected chi connectivity index (χ1v) is 11.9. The van der Waals surface area contributed by atoms with Crippen LogP contribution in [0.5, 0.6) is 0 Å². The van der Waals surface area contributed by atoms with Crippen molar-refractivity contribution in [3.8, 4) is 0 Å². The molecule has 6 heteroatoms. The van der Waals surface area contributed by atoms with E-state index in [0.29, 0.717) is 36.1 Å². The number of amides is 1. The zero-order valence-electron chi connectivity index (χ0n) is 19.6. The summed E-state index contributed by atoms with van der Waals surface area (Å²) < 4.78 is 1.47. The zero-order valence-corrected chi connectivity index (χ0v) is 19.6. The second kappa shape index (κ2) is 11.4. The van der Waals surface area contributed by atoms with E-state index < -0.39 is 0 Å². The number of aryl methyl sites for hydroxylation is 1. The van der Waals surface area contributed by atoms with Crippen molar-refractivity contribution >= 4 is 16.7 Å². The highest BCUT2D eigenvalue weighted by molar-refractivity contribution is 6.04. The summed E-state index contributed by atoms with van der Waals surface area (Å²) in [5.74, 6) is -0.173. The van der Waals surface area contributed by atoms with Crippen LogP contribution in [0, 0.1) is 0 Å². The predicted molar refractivity (Wildman–Crippen MR) is 135 cm³/mol. The van der Waals surface area contributed by atoms with Crippen LogP contribution in [0.15, 0.2) is 83.9 Å². The Labute approximate surface area is 199 Å². The number of hydrogen-bond donors (Lipinski definition) is 0. The summed E-state index contributed by atoms with van der Waals surface area (Å²) in [5, 5.41) is 5.72. The van der Waals surface area contributed by atoms with Crippen LogP contribution in [0.25, 0.3) is 10.8 Å². The molecule has 0 radical (unpaired) electrons. The van der Waals surface area contributed by atoms with Crippen LogP contribution in [0.1, 0.15) is 47.8 Å². The molecule has 0 unspecified atom stereocenters. The minimum absolute atomic E-state index is 0.145. The first kappa shape index (κ1) is 23.4. The number of unbranched alkanes of at least 4 members (excludes halogenated alkanes) is 2. The van der Waals surface area contributed by atoms with Crippen molar-refractivity contribution in [2.45, 2.75) is 45.7 Å². The molecule has 2 aromatic carbocycles. The molecule has 0 saturated carbocycles. The maximum Gasteiger partial charge on any atom is 0.275 e. The maximum absolute atomic E-state index is 13.9. The summed E-state index contributed by atoms with van der Waals surface area (Å²) in [4.78, 5) is 32.9. The fourth-order valence-corrected chi connectivity index (χ4v) is 4.08. The number of benzene rings is 2. The minimum atomic E-state index is -0.173. The molecular formula is C28H30N4O2. The Balaban J connectivity index is 1.71. The van der Waals surface area contributed by atoms with E-state index in [1.165, 1.54) is 4.68 Å². The first-order valence-electron chi connectivity index (χ1n) is 11.9. The molecule has 174 valence electrons. The molecule has 0 aliphatic carbocycles. The number of aromatic nitrogens is 3. The largest absolute Gasteiger partial charge is 0.333 e. The van der Waals surface area contributed by atoms with Gasteiger partial charge in [0.05, 0.1) is 5.39 Å². The summed E-state index contributed by atoms with van der Waals surface area (Å²) in [6.45, 7) is 3.61. The SMILES string of the molecule is CCCCCn1nc(C(=O)N(CCc2ccccc2)Cc2ccncc2)c2ccccc2c1=O. The molecule has 2 heterocycles. The second-order valence-corrected chi connectivity index (χ2v) is 8.45. The van der Waals surface area contributed by atoms with E-state index in [1.807, 2.05) is 53.4 Å². The molecule has 2 aromatic heterocycles. The highest BCUT2D eigenvalue weighted by Gasteiger charge is 2.22. The number of hydrogen-bond acceptors (Lipinski definition) is 4. The zero-order chi connectivity index (χ0) is 23.8. The number of carbonyl (C=O) groups excluding carboxylic acids is 1. The molecule has 0 aliphatic heterocycles. The van der Waals surface area contributed by atoms with E-state index in [2.05, 4.69) is 29.1 Å². The second-order valence-electron chi connectivity index (χ2n) is 8.45. The van der Waals surface area contributed by atoms with Crippen molar-refractivity contribution in [2.24, 2.45) is 0 Å². The fraction of sp³-hybridized carbons (Fsp3) is 0.286. The van der Waals surface area contributed by atoms with Crippen molar-refractivity contribution in [3.63, 3.8) is 0 Å². The van der Waals surface area contributed by atoms with Gasteiger partial charge in [0.2, 0.25) is 0 Å². The number of carbonyl (C=O) groups is 1. The molecule has 0 spiro atoms. The van der Waals surface area contributed by atoms with Gasteiger partial charge < -0.3 is 4.90 Å². The van der Waals surface area contributed by atoms with Gasteiger partial charge in [-0.3, -0.25) is 14.6 Å². The van der Waals surface area contributed by atoms with E-state index >= 15 is 0 Å². The lowest BCUT2D eigenvalue weighted by Gasteiger charge is -2.23. The van der Waals surface area contributed by atoms with E-state index in [-0.39, 0.29) is 11.5 Å². The van der Waals surface area contributed by atoms with Crippen LogP contribution in [0.2, 0.25) is 0 Å². The van der Waals surface area contributed by atoms with Gasteiger partial charge in [-0.15, -0.1) is 0 Å². The summed E-state index contributed by atoms with van der Waals surface area (Å²) in [6.07, 6.45) is 7.10. The van der Waals surface area contributed by atoms with Crippen molar-refractivity contribution < 1.29 is 4.79 Å². The molecule has 0 fully saturated rings. The molecule has 4 aromatic rings. The van der Waals surface area contributed by atoms with Crippen LogP contribution in [0.3, 0.4) is 0 Å². The van der Waals surface area contributed by atoms with Gasteiger partial charge in [0, 0.05) is 37.4 Å².